The number of aromatic nitrogens is 3. The molecule has 4 nitrogen and oxygen atoms in total. The smallest absolute Gasteiger partial charge is 0.254 e. The van der Waals surface area contributed by atoms with Gasteiger partial charge in [-0.1, -0.05) is 39.5 Å². The third kappa shape index (κ3) is 5.21. The van der Waals surface area contributed by atoms with Crippen LogP contribution in [0.5, 0.6) is 0 Å². The minimum Gasteiger partial charge on any atom is -0.254 e. The summed E-state index contributed by atoms with van der Waals surface area (Å²) in [5.41, 5.74) is 3.48. The highest BCUT2D eigenvalue weighted by molar-refractivity contribution is 4.90. The van der Waals surface area contributed by atoms with Gasteiger partial charge < -0.3 is 0 Å². The minimum atomic E-state index is 1.03. The first kappa shape index (κ1) is 16.0. The van der Waals surface area contributed by atoms with Crippen molar-refractivity contribution in [1.82, 2.24) is 9.77 Å². The number of hydrogen-bond donors (Lipinski definition) is 1. The molecule has 0 fully saturated rings. The summed E-state index contributed by atoms with van der Waals surface area (Å²) in [6.07, 6.45) is 8.93. The number of rotatable bonds is 10. The number of nitrogens with zero attached hydrogens (tertiary/aromatic N) is 3. The second-order valence-corrected chi connectivity index (χ2v) is 5.33. The van der Waals surface area contributed by atoms with E-state index in [0.717, 1.165) is 18.9 Å². The molecule has 0 bridgehead atoms. The van der Waals surface area contributed by atoms with Crippen molar-refractivity contribution < 1.29 is 4.68 Å². The summed E-state index contributed by atoms with van der Waals surface area (Å²) in [6.45, 7) is 10.8. The fourth-order valence-corrected chi connectivity index (χ4v) is 2.34. The van der Waals surface area contributed by atoms with E-state index in [-0.39, 0.29) is 0 Å². The monoisotopic (exact) mass is 267 g/mol. The first-order valence-corrected chi connectivity index (χ1v) is 7.90. The van der Waals surface area contributed by atoms with Crippen molar-refractivity contribution in [3.05, 3.63) is 11.6 Å². The van der Waals surface area contributed by atoms with E-state index in [2.05, 4.69) is 47.6 Å². The van der Waals surface area contributed by atoms with Gasteiger partial charge in [0.2, 0.25) is 0 Å². The largest absolute Gasteiger partial charge is 0.298 e. The summed E-state index contributed by atoms with van der Waals surface area (Å²) in [6, 6.07) is 0. The first-order valence-electron chi connectivity index (χ1n) is 7.90. The van der Waals surface area contributed by atoms with E-state index in [1.807, 2.05) is 0 Å². The van der Waals surface area contributed by atoms with Crippen LogP contribution < -0.4 is 10.1 Å². The molecule has 19 heavy (non-hydrogen) atoms. The van der Waals surface area contributed by atoms with E-state index < -0.39 is 0 Å². The highest BCUT2D eigenvalue weighted by Gasteiger charge is 2.18. The number of unbranched alkanes of at least 4 members (excludes halogenated alkanes) is 5. The predicted octanol–water partition coefficient (Wildman–Crippen LogP) is 3.10. The zero-order chi connectivity index (χ0) is 14.1. The summed E-state index contributed by atoms with van der Waals surface area (Å²) in [5, 5.41) is 4.61. The van der Waals surface area contributed by atoms with Crippen LogP contribution in [0.15, 0.2) is 0 Å². The Kier molecular flexibility index (Phi) is 7.53. The van der Waals surface area contributed by atoms with Crippen molar-refractivity contribution in [2.24, 2.45) is 0 Å². The van der Waals surface area contributed by atoms with Crippen LogP contribution >= 0.6 is 0 Å². The molecule has 0 unspecified atom stereocenters. The van der Waals surface area contributed by atoms with Crippen LogP contribution in [0.1, 0.15) is 70.4 Å². The fraction of sp³-hybridized carbons (Fsp3) is 0.867. The molecule has 0 aliphatic rings. The van der Waals surface area contributed by atoms with Crippen molar-refractivity contribution in [3.8, 4) is 0 Å². The number of aryl methyl sites for hydroxylation is 2. The van der Waals surface area contributed by atoms with Gasteiger partial charge in [-0.25, -0.2) is 0 Å². The lowest BCUT2D eigenvalue weighted by atomic mass is 10.2. The quantitative estimate of drug-likeness (QED) is 0.522. The third-order valence-electron chi connectivity index (χ3n) is 3.56. The van der Waals surface area contributed by atoms with Crippen molar-refractivity contribution in [1.29, 1.82) is 0 Å². The van der Waals surface area contributed by atoms with Gasteiger partial charge in [0, 0.05) is 13.8 Å². The Balaban J connectivity index is 2.44. The van der Waals surface area contributed by atoms with Crippen molar-refractivity contribution in [2.75, 3.05) is 12.0 Å². The van der Waals surface area contributed by atoms with Gasteiger partial charge in [0.1, 0.15) is 6.54 Å². The molecule has 1 N–H and O–H groups in total. The first-order chi connectivity index (χ1) is 9.20. The van der Waals surface area contributed by atoms with Crippen LogP contribution in [0.4, 0.5) is 0 Å². The number of hydrogen-bond acceptors (Lipinski definition) is 2. The summed E-state index contributed by atoms with van der Waals surface area (Å²) < 4.78 is 4.27. The van der Waals surface area contributed by atoms with Crippen LogP contribution in [0.2, 0.25) is 0 Å². The molecule has 4 heteroatoms. The zero-order valence-electron chi connectivity index (χ0n) is 13.2. The summed E-state index contributed by atoms with van der Waals surface area (Å²) in [5.74, 6) is 2.27. The lowest BCUT2D eigenvalue weighted by Gasteiger charge is -2.03. The lowest BCUT2D eigenvalue weighted by molar-refractivity contribution is -0.757. The van der Waals surface area contributed by atoms with Crippen LogP contribution in [-0.2, 0) is 6.54 Å². The molecular weight excluding hydrogens is 236 g/mol. The third-order valence-corrected chi connectivity index (χ3v) is 3.56. The topological polar surface area (TPSA) is 33.7 Å². The Morgan fingerprint density at radius 2 is 1.68 bits per heavy atom. The Labute approximate surface area is 118 Å². The molecule has 0 atom stereocenters. The average molecular weight is 267 g/mol. The van der Waals surface area contributed by atoms with E-state index in [4.69, 9.17) is 0 Å². The fourth-order valence-electron chi connectivity index (χ4n) is 2.34. The van der Waals surface area contributed by atoms with Gasteiger partial charge >= 0.3 is 0 Å². The van der Waals surface area contributed by atoms with E-state index in [1.165, 1.54) is 50.8 Å². The lowest BCUT2D eigenvalue weighted by Crippen LogP contribution is -2.39. The SMILES string of the molecule is CCCCCCNn1c(C)n[n+](CCCCC)c1C. The second-order valence-electron chi connectivity index (χ2n) is 5.33. The van der Waals surface area contributed by atoms with Crippen LogP contribution in [-0.4, -0.2) is 16.3 Å². The van der Waals surface area contributed by atoms with Crippen molar-refractivity contribution in [3.63, 3.8) is 0 Å². The molecule has 0 aliphatic carbocycles. The van der Waals surface area contributed by atoms with Gasteiger partial charge in [0.15, 0.2) is 0 Å². The standard InChI is InChI=1S/C15H31N4/c1-5-7-9-10-12-16-19-14(3)17-18(15(19)4)13-11-8-6-2/h16H,5-13H2,1-4H3/q+1. The maximum atomic E-state index is 4.61. The average Bonchev–Trinajstić information content (AvgIpc) is 2.66. The Hall–Kier alpha value is -1.06. The second kappa shape index (κ2) is 8.94. The molecule has 1 rings (SSSR count). The summed E-state index contributed by atoms with van der Waals surface area (Å²) >= 11 is 0. The number of nitrogens with one attached hydrogen (secondary N) is 1. The Morgan fingerprint density at radius 1 is 1.00 bits per heavy atom. The van der Waals surface area contributed by atoms with Gasteiger partial charge in [-0.05, 0) is 24.4 Å². The van der Waals surface area contributed by atoms with Crippen LogP contribution in [0, 0.1) is 13.8 Å². The van der Waals surface area contributed by atoms with E-state index >= 15 is 0 Å². The summed E-state index contributed by atoms with van der Waals surface area (Å²) in [4.78, 5) is 0. The van der Waals surface area contributed by atoms with E-state index in [0.29, 0.717) is 0 Å². The van der Waals surface area contributed by atoms with Gasteiger partial charge in [-0.3, -0.25) is 5.43 Å². The molecule has 110 valence electrons. The highest BCUT2D eigenvalue weighted by Crippen LogP contribution is 2.00. The van der Waals surface area contributed by atoms with Gasteiger partial charge in [-0.2, -0.15) is 0 Å². The molecular formula is C15H31N4+. The molecule has 1 aromatic rings. The van der Waals surface area contributed by atoms with E-state index in [9.17, 15) is 0 Å². The zero-order valence-corrected chi connectivity index (χ0v) is 13.2. The summed E-state index contributed by atoms with van der Waals surface area (Å²) in [7, 11) is 0. The molecule has 1 aromatic heterocycles. The van der Waals surface area contributed by atoms with Gasteiger partial charge in [0.25, 0.3) is 11.6 Å². The molecule has 0 aliphatic heterocycles. The molecule has 0 saturated heterocycles. The molecule has 0 amide bonds. The highest BCUT2D eigenvalue weighted by atomic mass is 15.5. The maximum absolute atomic E-state index is 4.61. The Bertz CT molecular complexity index is 357. The molecule has 0 radical (unpaired) electrons. The molecule has 1 heterocycles. The van der Waals surface area contributed by atoms with Gasteiger partial charge in [0.05, 0.1) is 6.54 Å². The van der Waals surface area contributed by atoms with Crippen molar-refractivity contribution in [2.45, 2.75) is 79.2 Å². The minimum absolute atomic E-state index is 1.03. The maximum Gasteiger partial charge on any atom is 0.298 e. The van der Waals surface area contributed by atoms with Crippen LogP contribution in [0.25, 0.3) is 0 Å². The predicted molar refractivity (Wildman–Crippen MR) is 79.8 cm³/mol. The van der Waals surface area contributed by atoms with Crippen LogP contribution in [0.3, 0.4) is 0 Å². The molecule has 0 spiro atoms. The normalized spacial score (nSPS) is 10.9. The molecule has 0 aromatic carbocycles. The van der Waals surface area contributed by atoms with E-state index in [1.54, 1.807) is 0 Å². The molecule has 0 saturated carbocycles. The Morgan fingerprint density at radius 3 is 2.37 bits per heavy atom. The van der Waals surface area contributed by atoms with Crippen molar-refractivity contribution >= 4 is 0 Å². The van der Waals surface area contributed by atoms with Gasteiger partial charge in [-0.15, -0.1) is 9.36 Å².